The SMILES string of the molecule is C#CC(=O)OC(C)(C)C.CC(=O)O[C@@H]1CC(=O)c2ccccc21.CC(C)(C)OC(=O)C#C[C@@]1(O)c2ccccc2[C@H](O[Si](C)(C)C(C)(C)C)C1(F)F.CC(C)(C)[Si](C)(C)O[C@@H]1CC(=O)c2ccccc21.CC(C)(C)[Si](C)(C)O[C@H]1c2ccccc2C(=O)C1(F)F.CC(C)(C)[Si](C)(C)O[C@H]1c2ccccc2[C@](O)(C#CC(=O)O)C1(F)F.O=C1CC(O)c2ccccc21.O=C1C[C@H](O)c2ccccc21. The Morgan fingerprint density at radius 3 is 0.978 bits per heavy atom. The molecule has 1 unspecified atom stereocenters. The van der Waals surface area contributed by atoms with E-state index in [0.717, 1.165) is 27.8 Å². The molecule has 31 heteroatoms. The number of ether oxygens (including phenoxy) is 3. The normalized spacial score (nSPS) is 21.6. The molecule has 0 aliphatic heterocycles. The van der Waals surface area contributed by atoms with Crippen molar-refractivity contribution in [1.29, 1.82) is 0 Å². The van der Waals surface area contributed by atoms with E-state index in [9.17, 15) is 72.4 Å². The molecule has 9 atom stereocenters. The zero-order valence-electron chi connectivity index (χ0n) is 83.1. The molecule has 7 aliphatic rings. The van der Waals surface area contributed by atoms with Gasteiger partial charge in [-0.15, -0.1) is 6.42 Å². The molecule has 5 N–H and O–H groups in total. The molecule has 0 saturated heterocycles. The van der Waals surface area contributed by atoms with Gasteiger partial charge >= 0.3 is 41.6 Å². The fourth-order valence-corrected chi connectivity index (χ4v) is 19.3. The Labute approximate surface area is 804 Å². The highest BCUT2D eigenvalue weighted by Gasteiger charge is 2.69. The van der Waals surface area contributed by atoms with Gasteiger partial charge in [-0.05, 0) is 159 Å². The van der Waals surface area contributed by atoms with E-state index >= 15 is 17.6 Å². The molecule has 0 amide bonds. The first kappa shape index (κ1) is 114. The van der Waals surface area contributed by atoms with Crippen LogP contribution in [0.15, 0.2) is 170 Å². The van der Waals surface area contributed by atoms with Gasteiger partial charge in [0.25, 0.3) is 0 Å². The molecule has 0 heterocycles. The highest BCUT2D eigenvalue weighted by Crippen LogP contribution is 2.60. The van der Waals surface area contributed by atoms with E-state index < -0.39 is 128 Å². The fraction of sp³-hybridized carbons (Fsp3) is 0.462. The van der Waals surface area contributed by atoms with Crippen molar-refractivity contribution < 1.29 is 127 Å². The highest BCUT2D eigenvalue weighted by atomic mass is 28.4. The maximum absolute atomic E-state index is 15.5. The number of esters is 3. The summed E-state index contributed by atoms with van der Waals surface area (Å²) in [4.78, 5) is 101. The van der Waals surface area contributed by atoms with Gasteiger partial charge in [0.15, 0.2) is 56.4 Å². The van der Waals surface area contributed by atoms with Crippen LogP contribution < -0.4 is 0 Å². The standard InChI is InChI=1S/C22H30F2O4Si.C18H22F2O4Si.C15H20F2O2Si.C15H22O2Si.C11H10O3.2C9H8O2.C7H10O2/c1-19(2,3)27-17(25)13-14-21(26)16-12-10-9-11-15(16)18(22(21,23)24)28-29(7,8)20(4,5)6;1-16(2,3)25(4,5)24-15-12-8-6-7-9-13(12)17(23,18(15,19)20)11-10-14(21)22;1-14(2,3)20(4,5)19-13-11-9-7-6-8-10(11)12(18)15(13,16)17;1-15(2,3)18(4,5)17-14-10-13(16)11-8-6-7-9-12(11)14;1-7(12)14-11-6-10(13)8-4-2-3-5-9(8)11;2*10-8-5-9(11)7-4-2-1-3-6(7)8;1-5-6(8)9-7(2,3)4/h9-12,18,26H,1-8H3;6-9,15,23H,1-5H3,(H,21,22);6-9,13H,1-5H3;6-9,14H,10H2,1-5H3;2-5,11H,6H2,1H3;2*1-4,8,10H,5H2;1H,2-4H3/t18-,21+;15-,17+;13-;14-;11-;8-;;/m000110../s1. The summed E-state index contributed by atoms with van der Waals surface area (Å²) in [6.07, 6.45) is -0.306. The first-order chi connectivity index (χ1) is 62.6. The number of hydrogen-bond donors (Lipinski definition) is 5. The second-order valence-electron chi connectivity index (χ2n) is 42.5. The van der Waals surface area contributed by atoms with Crippen LogP contribution in [-0.4, -0.2) is 141 Å². The Morgan fingerprint density at radius 1 is 0.372 bits per heavy atom. The highest BCUT2D eigenvalue weighted by molar-refractivity contribution is 6.75. The van der Waals surface area contributed by atoms with Gasteiger partial charge in [-0.2, -0.15) is 26.3 Å². The number of fused-ring (bicyclic) bond motifs is 7. The Hall–Kier alpha value is -10.4. The van der Waals surface area contributed by atoms with Crippen LogP contribution in [0.3, 0.4) is 0 Å². The third-order valence-electron chi connectivity index (χ3n) is 25.8. The number of aliphatic hydroxyl groups excluding tert-OH is 2. The Balaban J connectivity index is 0.000000219. The van der Waals surface area contributed by atoms with Crippen LogP contribution in [0.4, 0.5) is 26.3 Å². The van der Waals surface area contributed by atoms with Gasteiger partial charge in [-0.25, -0.2) is 14.4 Å². The minimum atomic E-state index is -3.78. The van der Waals surface area contributed by atoms with Crippen LogP contribution in [0.5, 0.6) is 0 Å². The third-order valence-corrected chi connectivity index (χ3v) is 43.6. The maximum Gasteiger partial charge on any atom is 0.384 e. The number of alkyl halides is 6. The van der Waals surface area contributed by atoms with E-state index in [1.54, 1.807) is 114 Å². The lowest BCUT2D eigenvalue weighted by molar-refractivity contribution is -0.193. The number of aliphatic carboxylic acids is 1. The van der Waals surface area contributed by atoms with E-state index in [1.807, 2.05) is 186 Å². The molecule has 137 heavy (non-hydrogen) atoms. The summed E-state index contributed by atoms with van der Waals surface area (Å²) >= 11 is 0. The number of terminal acetylenes is 1. The van der Waals surface area contributed by atoms with Gasteiger partial charge < -0.3 is 57.4 Å². The lowest BCUT2D eigenvalue weighted by Crippen LogP contribution is -2.49. The zero-order valence-corrected chi connectivity index (χ0v) is 87.1. The number of carboxylic acid groups (broad SMARTS) is 1. The van der Waals surface area contributed by atoms with Crippen molar-refractivity contribution in [1.82, 2.24) is 0 Å². The molecule has 21 nitrogen and oxygen atoms in total. The van der Waals surface area contributed by atoms with Gasteiger partial charge in [0.1, 0.15) is 35.6 Å². The smallest absolute Gasteiger partial charge is 0.384 e. The Kier molecular flexibility index (Phi) is 35.4. The molecule has 7 aromatic carbocycles. The summed E-state index contributed by atoms with van der Waals surface area (Å²) in [7, 11) is -9.40. The molecule has 7 aliphatic carbocycles. The predicted octanol–water partition coefficient (Wildman–Crippen LogP) is 23.0. The van der Waals surface area contributed by atoms with Crippen LogP contribution in [-0.2, 0) is 62.3 Å². The molecular weight excluding hydrogens is 1840 g/mol. The van der Waals surface area contributed by atoms with E-state index in [2.05, 4.69) is 39.8 Å². The first-order valence-corrected chi connectivity index (χ1v) is 56.6. The number of carboxylic acids is 1. The third kappa shape index (κ3) is 26.6. The zero-order chi connectivity index (χ0) is 104. The van der Waals surface area contributed by atoms with Crippen LogP contribution >= 0.6 is 0 Å². The van der Waals surface area contributed by atoms with Crippen LogP contribution in [0.25, 0.3) is 0 Å². The van der Waals surface area contributed by atoms with Gasteiger partial charge in [-0.3, -0.25) is 28.8 Å². The lowest BCUT2D eigenvalue weighted by Gasteiger charge is -2.40. The summed E-state index contributed by atoms with van der Waals surface area (Å²) < 4.78 is 129. The number of rotatable bonds is 9. The van der Waals surface area contributed by atoms with Crippen LogP contribution in [0.2, 0.25) is 72.5 Å². The van der Waals surface area contributed by atoms with E-state index in [4.69, 9.17) is 43.4 Å². The van der Waals surface area contributed by atoms with Crippen molar-refractivity contribution in [2.24, 2.45) is 0 Å². The van der Waals surface area contributed by atoms with Crippen LogP contribution in [0, 0.1) is 36.0 Å². The quantitative estimate of drug-likeness (QED) is 0.0224. The molecule has 14 rings (SSSR count). The van der Waals surface area contributed by atoms with Crippen molar-refractivity contribution in [2.75, 3.05) is 0 Å². The van der Waals surface area contributed by atoms with Gasteiger partial charge in [0.2, 0.25) is 17.0 Å². The molecule has 0 fully saturated rings. The Morgan fingerprint density at radius 2 is 0.650 bits per heavy atom. The van der Waals surface area contributed by atoms with Crippen molar-refractivity contribution in [2.45, 2.75) is 313 Å². The molecule has 0 spiro atoms. The molecule has 738 valence electrons. The van der Waals surface area contributed by atoms with E-state index in [-0.39, 0.29) is 109 Å². The number of benzene rings is 7. The molecule has 0 bridgehead atoms. The monoisotopic (exact) mass is 1960 g/mol. The maximum atomic E-state index is 15.5. The molecule has 0 saturated carbocycles. The molecule has 0 radical (unpaired) electrons. The number of aliphatic hydroxyl groups is 4. The molecule has 0 aromatic heterocycles. The summed E-state index contributed by atoms with van der Waals surface area (Å²) in [5.41, 5.74) is -0.154. The number of carbonyl (C=O) groups is 9. The van der Waals surface area contributed by atoms with Crippen LogP contribution in [0.1, 0.15) is 302 Å². The van der Waals surface area contributed by atoms with Gasteiger partial charge in [-0.1, -0.05) is 253 Å². The minimum Gasteiger partial charge on any atom is -0.472 e. The number of Topliss-reactive ketones (excluding diaryl/α,β-unsaturated/α-hetero) is 5. The summed E-state index contributed by atoms with van der Waals surface area (Å²) in [5.74, 6) is -5.81. The second-order valence-corrected chi connectivity index (χ2v) is 61.5. The topological polar surface area (TPSA) is 319 Å². The predicted molar refractivity (Wildman–Crippen MR) is 520 cm³/mol. The Bertz CT molecular complexity index is 5770. The summed E-state index contributed by atoms with van der Waals surface area (Å²) in [6, 6.07) is 47.7. The molecular formula is C106H130F6O21Si4. The van der Waals surface area contributed by atoms with E-state index in [1.165, 1.54) is 43.3 Å². The number of hydrogen-bond acceptors (Lipinski definition) is 20. The first-order valence-electron chi connectivity index (χ1n) is 44.9. The number of carbonyl (C=O) groups excluding carboxylic acids is 8. The van der Waals surface area contributed by atoms with Gasteiger partial charge in [0, 0.05) is 88.5 Å². The van der Waals surface area contributed by atoms with Gasteiger partial charge in [0.05, 0.1) is 24.7 Å². The minimum absolute atomic E-state index is 0.0328. The van der Waals surface area contributed by atoms with E-state index in [0.29, 0.717) is 28.7 Å². The summed E-state index contributed by atoms with van der Waals surface area (Å²) in [5, 5.41) is 48.4. The fourth-order valence-electron chi connectivity index (χ4n) is 14.3. The number of halogens is 6. The van der Waals surface area contributed by atoms with Crippen molar-refractivity contribution >= 4 is 86.1 Å². The molecule has 7 aromatic rings. The average molecular weight is 1970 g/mol. The number of ketones is 5. The van der Waals surface area contributed by atoms with Crippen molar-refractivity contribution in [3.05, 3.63) is 248 Å². The second kappa shape index (κ2) is 42.7. The van der Waals surface area contributed by atoms with Crippen molar-refractivity contribution in [3.63, 3.8) is 0 Å². The summed E-state index contributed by atoms with van der Waals surface area (Å²) in [6.45, 7) is 51.5. The largest absolute Gasteiger partial charge is 0.472 e. The average Bonchev–Trinajstić information content (AvgIpc) is 1.55. The lowest BCUT2D eigenvalue weighted by atomic mass is 9.94. The van der Waals surface area contributed by atoms with Crippen molar-refractivity contribution in [3.8, 4) is 36.0 Å².